The van der Waals surface area contributed by atoms with Gasteiger partial charge in [0.25, 0.3) is 5.91 Å². The number of H-pyrrole nitrogens is 1. The molecule has 26 heavy (non-hydrogen) atoms. The summed E-state index contributed by atoms with van der Waals surface area (Å²) in [4.78, 5) is 11.9. The van der Waals surface area contributed by atoms with E-state index in [0.717, 1.165) is 5.56 Å². The molecule has 1 aliphatic heterocycles. The Labute approximate surface area is 148 Å². The predicted molar refractivity (Wildman–Crippen MR) is 92.3 cm³/mol. The number of primary sulfonamides is 1. The summed E-state index contributed by atoms with van der Waals surface area (Å²) in [6.45, 7) is 2.24. The van der Waals surface area contributed by atoms with Crippen molar-refractivity contribution in [2.75, 3.05) is 0 Å². The van der Waals surface area contributed by atoms with Crippen LogP contribution in [0.25, 0.3) is 22.5 Å². The molecule has 132 valence electrons. The van der Waals surface area contributed by atoms with Crippen LogP contribution in [0.15, 0.2) is 35.2 Å². The van der Waals surface area contributed by atoms with Crippen molar-refractivity contribution in [3.8, 4) is 22.5 Å². The van der Waals surface area contributed by atoms with Crippen LogP contribution in [0.4, 0.5) is 0 Å². The fourth-order valence-corrected chi connectivity index (χ4v) is 3.92. The number of nitrogens with zero attached hydrogens (tertiary/aromatic N) is 3. The van der Waals surface area contributed by atoms with Gasteiger partial charge in [-0.2, -0.15) is 5.21 Å². The molecule has 3 aromatic rings. The fraction of sp³-hybridized carbons (Fsp3) is 0.125. The number of hydrogen-bond acceptors (Lipinski definition) is 6. The largest absolute Gasteiger partial charge is 0.348 e. The van der Waals surface area contributed by atoms with Crippen LogP contribution in [0.2, 0.25) is 0 Å². The number of amides is 1. The molecule has 0 fully saturated rings. The van der Waals surface area contributed by atoms with Gasteiger partial charge in [-0.05, 0) is 46.5 Å². The summed E-state index contributed by atoms with van der Waals surface area (Å²) in [6, 6.07) is 8.65. The minimum atomic E-state index is -4.04. The molecule has 2 heterocycles. The molecule has 0 bridgehead atoms. The summed E-state index contributed by atoms with van der Waals surface area (Å²) < 4.78 is 24.3. The molecule has 4 rings (SSSR count). The zero-order chi connectivity index (χ0) is 18.5. The lowest BCUT2D eigenvalue weighted by atomic mass is 9.94. The van der Waals surface area contributed by atoms with Gasteiger partial charge in [-0.15, -0.1) is 10.2 Å². The number of carbonyl (C=O) groups is 1. The van der Waals surface area contributed by atoms with E-state index in [9.17, 15) is 13.2 Å². The Bertz CT molecular complexity index is 1140. The van der Waals surface area contributed by atoms with Crippen LogP contribution in [0.3, 0.4) is 0 Å². The molecular formula is C16H14N6O3S. The molecule has 10 heteroatoms. The van der Waals surface area contributed by atoms with E-state index in [1.54, 1.807) is 19.1 Å². The fourth-order valence-electron chi connectivity index (χ4n) is 3.08. The molecule has 0 atom stereocenters. The van der Waals surface area contributed by atoms with Crippen molar-refractivity contribution in [1.29, 1.82) is 0 Å². The minimum absolute atomic E-state index is 0.0983. The van der Waals surface area contributed by atoms with E-state index in [1.165, 1.54) is 6.07 Å². The molecule has 0 saturated carbocycles. The van der Waals surface area contributed by atoms with E-state index >= 15 is 0 Å². The molecule has 1 amide bonds. The third kappa shape index (κ3) is 2.65. The smallest absolute Gasteiger partial charge is 0.251 e. The van der Waals surface area contributed by atoms with Crippen LogP contribution in [0.5, 0.6) is 0 Å². The Morgan fingerprint density at radius 1 is 1.15 bits per heavy atom. The van der Waals surface area contributed by atoms with Gasteiger partial charge in [-0.3, -0.25) is 4.79 Å². The summed E-state index contributed by atoms with van der Waals surface area (Å²) in [6.07, 6.45) is 0. The Morgan fingerprint density at radius 3 is 2.65 bits per heavy atom. The summed E-state index contributed by atoms with van der Waals surface area (Å²) in [5.74, 6) is -0.0590. The lowest BCUT2D eigenvalue weighted by Gasteiger charge is -2.13. The Morgan fingerprint density at radius 2 is 1.96 bits per heavy atom. The zero-order valence-corrected chi connectivity index (χ0v) is 14.5. The van der Waals surface area contributed by atoms with Crippen LogP contribution < -0.4 is 10.5 Å². The maximum absolute atomic E-state index is 12.2. The first-order valence-corrected chi connectivity index (χ1v) is 9.22. The molecule has 1 aromatic heterocycles. The van der Waals surface area contributed by atoms with Gasteiger partial charge in [0.05, 0.1) is 10.5 Å². The highest BCUT2D eigenvalue weighted by atomic mass is 32.2. The molecular weight excluding hydrogens is 356 g/mol. The lowest BCUT2D eigenvalue weighted by molar-refractivity contribution is 0.0966. The monoisotopic (exact) mass is 370 g/mol. The number of aromatic nitrogens is 4. The molecule has 0 aliphatic carbocycles. The highest BCUT2D eigenvalue weighted by molar-refractivity contribution is 7.89. The first-order valence-electron chi connectivity index (χ1n) is 7.67. The van der Waals surface area contributed by atoms with Gasteiger partial charge >= 0.3 is 0 Å². The summed E-state index contributed by atoms with van der Waals surface area (Å²) in [5.41, 5.74) is 3.60. The zero-order valence-electron chi connectivity index (χ0n) is 13.6. The molecule has 4 N–H and O–H groups in total. The number of aryl methyl sites for hydroxylation is 1. The topological polar surface area (TPSA) is 144 Å². The van der Waals surface area contributed by atoms with Gasteiger partial charge in [0, 0.05) is 12.1 Å². The third-order valence-corrected chi connectivity index (χ3v) is 5.16. The number of carbonyl (C=O) groups excluding carboxylic acids is 1. The molecule has 0 spiro atoms. The Kier molecular flexibility index (Phi) is 3.60. The number of fused-ring (bicyclic) bond motifs is 1. The van der Waals surface area contributed by atoms with Gasteiger partial charge in [0.1, 0.15) is 0 Å². The normalized spacial score (nSPS) is 13.5. The van der Waals surface area contributed by atoms with Crippen molar-refractivity contribution in [3.63, 3.8) is 0 Å². The Hall–Kier alpha value is -3.11. The number of nitrogens with one attached hydrogen (secondary N) is 2. The number of nitrogens with two attached hydrogens (primary N) is 1. The van der Waals surface area contributed by atoms with Crippen LogP contribution in [0.1, 0.15) is 21.5 Å². The predicted octanol–water partition coefficient (Wildman–Crippen LogP) is 0.733. The molecule has 9 nitrogen and oxygen atoms in total. The van der Waals surface area contributed by atoms with Gasteiger partial charge in [-0.25, -0.2) is 13.6 Å². The summed E-state index contributed by atoms with van der Waals surface area (Å²) in [5, 5.41) is 21.8. The van der Waals surface area contributed by atoms with Crippen molar-refractivity contribution in [1.82, 2.24) is 25.9 Å². The van der Waals surface area contributed by atoms with E-state index in [0.29, 0.717) is 28.8 Å². The van der Waals surface area contributed by atoms with E-state index in [4.69, 9.17) is 5.14 Å². The minimum Gasteiger partial charge on any atom is -0.348 e. The summed E-state index contributed by atoms with van der Waals surface area (Å²) >= 11 is 0. The number of benzene rings is 2. The van der Waals surface area contributed by atoms with Crippen LogP contribution in [0, 0.1) is 6.92 Å². The quantitative estimate of drug-likeness (QED) is 0.620. The van der Waals surface area contributed by atoms with Crippen molar-refractivity contribution >= 4 is 15.9 Å². The second-order valence-electron chi connectivity index (χ2n) is 6.02. The van der Waals surface area contributed by atoms with Gasteiger partial charge < -0.3 is 5.32 Å². The van der Waals surface area contributed by atoms with Crippen molar-refractivity contribution in [3.05, 3.63) is 47.0 Å². The van der Waals surface area contributed by atoms with Gasteiger partial charge in [0.15, 0.2) is 0 Å². The lowest BCUT2D eigenvalue weighted by Crippen LogP contribution is -2.15. The average Bonchev–Trinajstić information content (AvgIpc) is 3.23. The average molecular weight is 370 g/mol. The highest BCUT2D eigenvalue weighted by Crippen LogP contribution is 2.37. The van der Waals surface area contributed by atoms with Crippen LogP contribution in [-0.4, -0.2) is 34.9 Å². The van der Waals surface area contributed by atoms with E-state index in [1.807, 2.05) is 12.1 Å². The van der Waals surface area contributed by atoms with Crippen LogP contribution in [-0.2, 0) is 16.6 Å². The maximum atomic E-state index is 12.2. The van der Waals surface area contributed by atoms with Crippen molar-refractivity contribution in [2.45, 2.75) is 18.4 Å². The van der Waals surface area contributed by atoms with Gasteiger partial charge in [-0.1, -0.05) is 18.2 Å². The highest BCUT2D eigenvalue weighted by Gasteiger charge is 2.25. The van der Waals surface area contributed by atoms with Crippen LogP contribution >= 0.6 is 0 Å². The van der Waals surface area contributed by atoms with E-state index < -0.39 is 10.0 Å². The second kappa shape index (κ2) is 5.71. The molecule has 0 radical (unpaired) electrons. The number of aromatic amines is 1. The van der Waals surface area contributed by atoms with Crippen molar-refractivity contribution < 1.29 is 13.2 Å². The first-order chi connectivity index (χ1) is 12.3. The maximum Gasteiger partial charge on any atom is 0.251 e. The van der Waals surface area contributed by atoms with Gasteiger partial charge in [0.2, 0.25) is 15.8 Å². The standard InChI is InChI=1S/C16H14N6O3S/c1-8-4-11(9-2-3-10-7-18-16(23)12(10)6-9)14(15-19-21-22-20-15)13(5-8)26(17,24)25/h2-6H,7H2,1H3,(H,18,23)(H2,17,24,25)(H,19,20,21,22). The molecule has 2 aromatic carbocycles. The molecule has 0 saturated heterocycles. The number of hydrogen-bond donors (Lipinski definition) is 3. The third-order valence-electron chi connectivity index (χ3n) is 4.23. The van der Waals surface area contributed by atoms with E-state index in [-0.39, 0.29) is 22.2 Å². The molecule has 1 aliphatic rings. The van der Waals surface area contributed by atoms with E-state index in [2.05, 4.69) is 25.9 Å². The number of sulfonamides is 1. The summed E-state index contributed by atoms with van der Waals surface area (Å²) in [7, 11) is -4.04. The molecule has 0 unspecified atom stereocenters. The second-order valence-corrected chi connectivity index (χ2v) is 7.55. The SMILES string of the molecule is Cc1cc(-c2ccc3c(c2)C(=O)NC3)c(-c2nn[nH]n2)c(S(N)(=O)=O)c1. The Balaban J connectivity index is 2.05. The first kappa shape index (κ1) is 16.4. The van der Waals surface area contributed by atoms with Crippen molar-refractivity contribution in [2.24, 2.45) is 5.14 Å². The number of rotatable bonds is 3. The number of tetrazole rings is 1.